The topological polar surface area (TPSA) is 26.3 Å². The minimum absolute atomic E-state index is 0.213. The van der Waals surface area contributed by atoms with Crippen molar-refractivity contribution in [2.75, 3.05) is 0 Å². The summed E-state index contributed by atoms with van der Waals surface area (Å²) in [6.45, 7) is 13.1. The van der Waals surface area contributed by atoms with Crippen LogP contribution in [0.3, 0.4) is 0 Å². The maximum absolute atomic E-state index is 11.0. The van der Waals surface area contributed by atoms with Crippen molar-refractivity contribution in [1.29, 1.82) is 0 Å². The zero-order chi connectivity index (χ0) is 14.5. The van der Waals surface area contributed by atoms with Gasteiger partial charge in [-0.05, 0) is 55.8 Å². The molecule has 0 radical (unpaired) electrons. The van der Waals surface area contributed by atoms with E-state index in [4.69, 9.17) is 4.43 Å². The second-order valence-electron chi connectivity index (χ2n) is 6.01. The number of aldehydes is 1. The van der Waals surface area contributed by atoms with Gasteiger partial charge in [-0.15, -0.1) is 0 Å². The predicted molar refractivity (Wildman–Crippen MR) is 83.8 cm³/mol. The van der Waals surface area contributed by atoms with E-state index in [1.807, 2.05) is 0 Å². The Morgan fingerprint density at radius 3 is 2.37 bits per heavy atom. The number of carbonyl (C=O) groups excluding carboxylic acids is 1. The summed E-state index contributed by atoms with van der Waals surface area (Å²) in [4.78, 5) is 11.0. The molecule has 0 saturated heterocycles. The monoisotopic (exact) mass is 282 g/mol. The molecule has 0 aromatic carbocycles. The van der Waals surface area contributed by atoms with Crippen molar-refractivity contribution in [3.8, 4) is 0 Å². The van der Waals surface area contributed by atoms with Crippen LogP contribution in [0.15, 0.2) is 12.2 Å². The second kappa shape index (κ2) is 6.85. The Kier molecular flexibility index (Phi) is 6.00. The molecule has 0 unspecified atom stereocenters. The van der Waals surface area contributed by atoms with Gasteiger partial charge in [0, 0.05) is 6.42 Å². The molecule has 0 spiro atoms. The minimum Gasteiger partial charge on any atom is -0.407 e. The molecule has 1 fully saturated rings. The molecule has 0 aromatic heterocycles. The molecule has 3 heteroatoms. The molecule has 0 bridgehead atoms. The van der Waals surface area contributed by atoms with Crippen LogP contribution in [-0.4, -0.2) is 20.2 Å². The first-order valence-electron chi connectivity index (χ1n) is 7.80. The summed E-state index contributed by atoms with van der Waals surface area (Å²) in [6, 6.07) is 3.47. The molecule has 0 amide bonds. The highest BCUT2D eigenvalue weighted by Crippen LogP contribution is 2.47. The summed E-state index contributed by atoms with van der Waals surface area (Å²) >= 11 is 0. The summed E-state index contributed by atoms with van der Waals surface area (Å²) in [7, 11) is -1.67. The quantitative estimate of drug-likeness (QED) is 0.366. The normalized spacial score (nSPS) is 27.5. The zero-order valence-corrected chi connectivity index (χ0v) is 14.1. The molecule has 0 N–H and O–H groups in total. The van der Waals surface area contributed by atoms with E-state index in [9.17, 15) is 4.79 Å². The van der Waals surface area contributed by atoms with Crippen molar-refractivity contribution in [1.82, 2.24) is 0 Å². The van der Waals surface area contributed by atoms with Gasteiger partial charge in [-0.25, -0.2) is 0 Å². The van der Waals surface area contributed by atoms with Gasteiger partial charge in [-0.1, -0.05) is 27.4 Å². The Balaban J connectivity index is 3.06. The van der Waals surface area contributed by atoms with E-state index in [1.165, 1.54) is 0 Å². The van der Waals surface area contributed by atoms with E-state index in [-0.39, 0.29) is 5.60 Å². The first-order valence-corrected chi connectivity index (χ1v) is 10.3. The Morgan fingerprint density at radius 1 is 1.37 bits per heavy atom. The largest absolute Gasteiger partial charge is 0.407 e. The summed E-state index contributed by atoms with van der Waals surface area (Å²) in [5, 5.41) is 0. The Morgan fingerprint density at radius 2 is 1.95 bits per heavy atom. The first kappa shape index (κ1) is 16.6. The van der Waals surface area contributed by atoms with Gasteiger partial charge in [0.1, 0.15) is 6.29 Å². The van der Waals surface area contributed by atoms with E-state index in [0.717, 1.165) is 49.3 Å². The highest BCUT2D eigenvalue weighted by Gasteiger charge is 2.48. The third-order valence-electron chi connectivity index (χ3n) is 5.20. The smallest absolute Gasteiger partial charge is 0.193 e. The molecule has 2 nitrogen and oxygen atoms in total. The van der Waals surface area contributed by atoms with Crippen LogP contribution in [0.2, 0.25) is 18.1 Å². The highest BCUT2D eigenvalue weighted by atomic mass is 28.4. The average Bonchev–Trinajstić information content (AvgIpc) is 2.81. The molecule has 2 atom stereocenters. The van der Waals surface area contributed by atoms with Crippen LogP contribution in [0.25, 0.3) is 0 Å². The van der Waals surface area contributed by atoms with Crippen LogP contribution in [0.1, 0.15) is 53.4 Å². The van der Waals surface area contributed by atoms with Gasteiger partial charge in [0.05, 0.1) is 5.60 Å². The van der Waals surface area contributed by atoms with Gasteiger partial charge >= 0.3 is 0 Å². The summed E-state index contributed by atoms with van der Waals surface area (Å²) in [5.41, 5.74) is 0.916. The lowest BCUT2D eigenvalue weighted by Gasteiger charge is -2.44. The van der Waals surface area contributed by atoms with Gasteiger partial charge in [-0.3, -0.25) is 0 Å². The Bertz CT molecular complexity index is 314. The third-order valence-corrected chi connectivity index (χ3v) is 9.86. The molecule has 0 aromatic rings. The lowest BCUT2D eigenvalue weighted by atomic mass is 9.83. The molecule has 1 rings (SSSR count). The molecule has 1 aliphatic rings. The fourth-order valence-electron chi connectivity index (χ4n) is 3.61. The highest BCUT2D eigenvalue weighted by molar-refractivity contribution is 6.73. The van der Waals surface area contributed by atoms with Crippen molar-refractivity contribution >= 4 is 14.6 Å². The second-order valence-corrected chi connectivity index (χ2v) is 10.7. The van der Waals surface area contributed by atoms with Crippen LogP contribution < -0.4 is 0 Å². The molecular weight excluding hydrogens is 252 g/mol. The van der Waals surface area contributed by atoms with Crippen molar-refractivity contribution in [3.05, 3.63) is 12.2 Å². The van der Waals surface area contributed by atoms with Crippen LogP contribution >= 0.6 is 0 Å². The lowest BCUT2D eigenvalue weighted by molar-refractivity contribution is -0.109. The fourth-order valence-corrected chi connectivity index (χ4v) is 6.76. The average molecular weight is 282 g/mol. The van der Waals surface area contributed by atoms with Crippen LogP contribution in [-0.2, 0) is 9.22 Å². The van der Waals surface area contributed by atoms with Crippen LogP contribution in [0, 0.1) is 5.92 Å². The third kappa shape index (κ3) is 3.19. The van der Waals surface area contributed by atoms with Crippen molar-refractivity contribution < 1.29 is 9.22 Å². The lowest BCUT2D eigenvalue weighted by Crippen LogP contribution is -2.50. The van der Waals surface area contributed by atoms with Gasteiger partial charge in [-0.2, -0.15) is 0 Å². The van der Waals surface area contributed by atoms with Crippen molar-refractivity contribution in [2.24, 2.45) is 5.92 Å². The SMILES string of the molecule is C=C(C)[C@@]1(O[Si](CC)(CC)CC)CCC[C@@H]1CC=O. The molecule has 0 heterocycles. The fraction of sp³-hybridized carbons (Fsp3) is 0.812. The Labute approximate surface area is 119 Å². The van der Waals surface area contributed by atoms with Crippen LogP contribution in [0.5, 0.6) is 0 Å². The van der Waals surface area contributed by atoms with Crippen molar-refractivity contribution in [3.63, 3.8) is 0 Å². The van der Waals surface area contributed by atoms with Crippen molar-refractivity contribution in [2.45, 2.75) is 77.1 Å². The zero-order valence-electron chi connectivity index (χ0n) is 13.1. The first-order chi connectivity index (χ1) is 9.00. The molecule has 19 heavy (non-hydrogen) atoms. The molecular formula is C16H30O2Si. The van der Waals surface area contributed by atoms with E-state index in [0.29, 0.717) is 12.3 Å². The predicted octanol–water partition coefficient (Wildman–Crippen LogP) is 4.71. The standard InChI is InChI=1S/C16H30O2Si/c1-6-19(7-2,8-3)18-16(14(4)5)12-9-10-15(16)11-13-17/h13,15H,4,6-12H2,1-3,5H3/t15-,16+/m1/s1. The van der Waals surface area contributed by atoms with Crippen LogP contribution in [0.4, 0.5) is 0 Å². The van der Waals surface area contributed by atoms with E-state index in [1.54, 1.807) is 0 Å². The van der Waals surface area contributed by atoms with Gasteiger partial charge in [0.15, 0.2) is 8.32 Å². The van der Waals surface area contributed by atoms with Gasteiger partial charge < -0.3 is 9.22 Å². The molecule has 110 valence electrons. The summed E-state index contributed by atoms with van der Waals surface area (Å²) in [6.07, 6.45) is 4.99. The minimum atomic E-state index is -1.67. The number of hydrogen-bond donors (Lipinski definition) is 0. The Hall–Kier alpha value is -0.413. The summed E-state index contributed by atoms with van der Waals surface area (Å²) < 4.78 is 6.84. The van der Waals surface area contributed by atoms with Gasteiger partial charge in [0.2, 0.25) is 0 Å². The number of hydrogen-bond acceptors (Lipinski definition) is 2. The maximum atomic E-state index is 11.0. The van der Waals surface area contributed by atoms with E-state index >= 15 is 0 Å². The van der Waals surface area contributed by atoms with Gasteiger partial charge in [0.25, 0.3) is 0 Å². The maximum Gasteiger partial charge on any atom is 0.193 e. The number of carbonyl (C=O) groups is 1. The number of rotatable bonds is 8. The molecule has 1 aliphatic carbocycles. The van der Waals surface area contributed by atoms with E-state index in [2.05, 4.69) is 34.3 Å². The molecule has 0 aliphatic heterocycles. The summed E-state index contributed by atoms with van der Waals surface area (Å²) in [5.74, 6) is 0.346. The molecule has 1 saturated carbocycles. The van der Waals surface area contributed by atoms with E-state index < -0.39 is 8.32 Å².